The van der Waals surface area contributed by atoms with Gasteiger partial charge in [-0.2, -0.15) is 8.42 Å². The normalized spacial score (nSPS) is 23.0. The van der Waals surface area contributed by atoms with Crippen molar-refractivity contribution in [2.75, 3.05) is 37.5 Å². The minimum absolute atomic E-state index is 0. The summed E-state index contributed by atoms with van der Waals surface area (Å²) in [6.45, 7) is 16.1. The summed E-state index contributed by atoms with van der Waals surface area (Å²) in [5.74, 6) is -0.360. The Labute approximate surface area is 510 Å². The second-order valence-corrected chi connectivity index (χ2v) is 24.1. The van der Waals surface area contributed by atoms with Gasteiger partial charge in [-0.15, -0.1) is 0 Å². The van der Waals surface area contributed by atoms with Gasteiger partial charge >= 0.3 is 41.5 Å². The van der Waals surface area contributed by atoms with Crippen LogP contribution in [0.3, 0.4) is 0 Å². The summed E-state index contributed by atoms with van der Waals surface area (Å²) in [6, 6.07) is 6.58. The number of carbonyl (C=O) groups is 4. The van der Waals surface area contributed by atoms with Gasteiger partial charge in [-0.3, -0.25) is 23.4 Å². The molecule has 1 aromatic rings. The Hall–Kier alpha value is -0.810. The number of carbonyl (C=O) groups excluding carboxylic acids is 4. The number of ketones is 2. The number of Topliss-reactive ketones (excluding diaryl/α,β-unsaturated/α-hetero) is 2. The van der Waals surface area contributed by atoms with Gasteiger partial charge in [0, 0.05) is 67.6 Å². The predicted molar refractivity (Wildman–Crippen MR) is 297 cm³/mol. The van der Waals surface area contributed by atoms with E-state index < -0.39 is 21.7 Å². The topological polar surface area (TPSA) is 167 Å². The molecule has 0 bridgehead atoms. The summed E-state index contributed by atoms with van der Waals surface area (Å²) in [5, 5.41) is 0. The van der Waals surface area contributed by atoms with Crippen molar-refractivity contribution in [2.24, 2.45) is 35.5 Å². The first kappa shape index (κ1) is 71.3. The molecule has 428 valence electrons. The third-order valence-electron chi connectivity index (χ3n) is 15.0. The van der Waals surface area contributed by atoms with E-state index in [0.29, 0.717) is 89.0 Å². The molecule has 2 heterocycles. The Morgan fingerprint density at radius 1 is 0.658 bits per heavy atom. The average molecular weight is 1320 g/mol. The summed E-state index contributed by atoms with van der Waals surface area (Å²) in [5.41, 5.74) is 0.964. The summed E-state index contributed by atoms with van der Waals surface area (Å²) in [6.07, 6.45) is 26.1. The first-order valence-electron chi connectivity index (χ1n) is 28.3. The number of halogens is 2. The van der Waals surface area contributed by atoms with Gasteiger partial charge in [0.25, 0.3) is 10.1 Å². The van der Waals surface area contributed by atoms with Crippen LogP contribution in [0.25, 0.3) is 0 Å². The SMILES string of the molecule is CCCCCC1(CC[C@H]2[C@H](CI)CC(=O)[C@@H]2CC=CCCCC(=O)OC(C)C)OCCO1.CCCCCC1(CC[C@H]2[C@H](COS(=O)(=O)c3ccc(C)cc3)CC(=O)[C@@H]2CC=CCCCC(=O)OC(C)C)OCCO1.[I-].[Na+]. The van der Waals surface area contributed by atoms with Crippen LogP contribution in [0.1, 0.15) is 188 Å². The van der Waals surface area contributed by atoms with Crippen molar-refractivity contribution >= 4 is 56.2 Å². The van der Waals surface area contributed by atoms with Crippen LogP contribution < -0.4 is 53.5 Å². The second kappa shape index (κ2) is 38.1. The standard InChI is InChI=1S/C33H50O8S.C26H43IO5.HI.Na/c1-5-6-11-19-33(38-21-22-39-33)20-18-29-27(24-40-42(36,37)28-16-14-26(4)15-17-28)23-31(34)30(29)12-9-7-8-10-13-32(35)41-25(2)3;1-4-5-10-14-26(30-16-17-31-26)15-13-22-21(19-27)18-24(28)23(22)11-8-6-7-9-12-25(29)32-20(2)3;;/h7,9,14-17,25,27,29-30H,5-6,8,10-13,18-24H2,1-4H3;6,8,20-23H,4-5,7,9-19H2,1-3H3;1H;/q;;;+1/p-1/t27-,29-,30+;21-,22-,23+;;/m00../s1. The van der Waals surface area contributed by atoms with Gasteiger partial charge in [-0.05, 0) is 135 Å². The molecule has 1 aromatic carbocycles. The number of hydrogen-bond donors (Lipinski definition) is 0. The Bertz CT molecular complexity index is 2000. The van der Waals surface area contributed by atoms with E-state index >= 15 is 0 Å². The van der Waals surface area contributed by atoms with E-state index in [1.807, 2.05) is 46.8 Å². The molecular weight excluding hydrogens is 1230 g/mol. The zero-order valence-corrected chi connectivity index (χ0v) is 54.6. The van der Waals surface area contributed by atoms with Crippen LogP contribution in [0.2, 0.25) is 0 Å². The maximum absolute atomic E-state index is 13.3. The first-order chi connectivity index (χ1) is 35.5. The number of alkyl halides is 1. The number of ether oxygens (including phenoxy) is 6. The fourth-order valence-corrected chi connectivity index (χ4v) is 12.9. The number of hydrogen-bond acceptors (Lipinski definition) is 13. The molecule has 2 aliphatic carbocycles. The second-order valence-electron chi connectivity index (χ2n) is 21.6. The molecule has 76 heavy (non-hydrogen) atoms. The first-order valence-corrected chi connectivity index (χ1v) is 31.2. The van der Waals surface area contributed by atoms with Crippen LogP contribution in [0.5, 0.6) is 0 Å². The van der Waals surface area contributed by atoms with Crippen LogP contribution in [-0.4, -0.2) is 93.2 Å². The van der Waals surface area contributed by atoms with Gasteiger partial charge in [0.15, 0.2) is 11.6 Å². The van der Waals surface area contributed by atoms with Crippen molar-refractivity contribution in [3.05, 3.63) is 54.1 Å². The maximum atomic E-state index is 13.3. The Morgan fingerprint density at radius 2 is 1.08 bits per heavy atom. The van der Waals surface area contributed by atoms with Crippen LogP contribution in [-0.2, 0) is 61.9 Å². The Kier molecular flexibility index (Phi) is 35.7. The van der Waals surface area contributed by atoms with E-state index in [1.165, 1.54) is 12.8 Å². The van der Waals surface area contributed by atoms with E-state index in [2.05, 4.69) is 48.6 Å². The van der Waals surface area contributed by atoms with E-state index in [4.69, 9.17) is 32.6 Å². The summed E-state index contributed by atoms with van der Waals surface area (Å²) in [4.78, 5) is 49.6. The van der Waals surface area contributed by atoms with Crippen LogP contribution >= 0.6 is 22.6 Å². The van der Waals surface area contributed by atoms with Gasteiger partial charge < -0.3 is 52.4 Å². The number of aryl methyl sites for hydroxylation is 1. The Morgan fingerprint density at radius 3 is 1.49 bits per heavy atom. The van der Waals surface area contributed by atoms with Crippen molar-refractivity contribution in [3.63, 3.8) is 0 Å². The van der Waals surface area contributed by atoms with Gasteiger partial charge in [0.1, 0.15) is 11.6 Å². The molecule has 4 fully saturated rings. The summed E-state index contributed by atoms with van der Waals surface area (Å²) < 4.78 is 67.2. The van der Waals surface area contributed by atoms with Gasteiger partial charge in [0.2, 0.25) is 0 Å². The zero-order chi connectivity index (χ0) is 54.0. The number of benzene rings is 1. The molecule has 6 atom stereocenters. The average Bonchev–Trinajstić information content (AvgIpc) is 4.16. The third-order valence-corrected chi connectivity index (χ3v) is 17.4. The van der Waals surface area contributed by atoms with E-state index in [-0.39, 0.29) is 125 Å². The molecule has 2 saturated heterocycles. The van der Waals surface area contributed by atoms with Crippen molar-refractivity contribution in [3.8, 4) is 0 Å². The predicted octanol–water partition coefficient (Wildman–Crippen LogP) is 7.12. The van der Waals surface area contributed by atoms with Crippen molar-refractivity contribution in [1.29, 1.82) is 0 Å². The molecule has 0 unspecified atom stereocenters. The van der Waals surface area contributed by atoms with Crippen molar-refractivity contribution in [2.45, 2.75) is 218 Å². The number of allylic oxidation sites excluding steroid dienone is 4. The number of rotatable bonds is 33. The molecule has 0 radical (unpaired) electrons. The quantitative estimate of drug-likeness (QED) is 0.0133. The molecule has 17 heteroatoms. The fraction of sp³-hybridized carbons (Fsp3) is 0.763. The van der Waals surface area contributed by atoms with Crippen molar-refractivity contribution < 1.29 is 114 Å². The number of esters is 2. The minimum Gasteiger partial charge on any atom is -1.00 e. The molecule has 13 nitrogen and oxygen atoms in total. The third kappa shape index (κ3) is 25.1. The van der Waals surface area contributed by atoms with Crippen LogP contribution in [0.15, 0.2) is 53.5 Å². The number of unbranched alkanes of at least 4 members (excludes halogenated alkanes) is 6. The molecule has 2 aliphatic heterocycles. The molecule has 0 aromatic heterocycles. The molecule has 0 amide bonds. The summed E-state index contributed by atoms with van der Waals surface area (Å²) >= 11 is 2.44. The molecule has 4 aliphatic rings. The monoisotopic (exact) mass is 1320 g/mol. The van der Waals surface area contributed by atoms with Gasteiger partial charge in [-0.1, -0.05) is 104 Å². The van der Waals surface area contributed by atoms with E-state index in [1.54, 1.807) is 24.3 Å². The molecular formula is C59H93I2NaO13S. The smallest absolute Gasteiger partial charge is 1.00 e. The molecule has 2 saturated carbocycles. The van der Waals surface area contributed by atoms with E-state index in [9.17, 15) is 27.6 Å². The van der Waals surface area contributed by atoms with Crippen molar-refractivity contribution in [1.82, 2.24) is 0 Å². The largest absolute Gasteiger partial charge is 1.00 e. The molecule has 0 N–H and O–H groups in total. The van der Waals surface area contributed by atoms with Crippen LogP contribution in [0, 0.1) is 42.4 Å². The van der Waals surface area contributed by atoms with Gasteiger partial charge in [0.05, 0.1) is 50.1 Å². The fourth-order valence-electron chi connectivity index (χ4n) is 11.0. The maximum Gasteiger partial charge on any atom is 1.00 e. The Balaban J connectivity index is 0.000000525. The summed E-state index contributed by atoms with van der Waals surface area (Å²) in [7, 11) is -3.93. The van der Waals surface area contributed by atoms with Gasteiger partial charge in [-0.25, -0.2) is 0 Å². The molecule has 5 rings (SSSR count). The van der Waals surface area contributed by atoms with Crippen LogP contribution in [0.4, 0.5) is 0 Å². The minimum atomic E-state index is -3.93. The molecule has 0 spiro atoms. The zero-order valence-electron chi connectivity index (χ0n) is 47.5. The van der Waals surface area contributed by atoms with E-state index in [0.717, 1.165) is 87.0 Å².